The highest BCUT2D eigenvalue weighted by atomic mass is 35.5. The molecule has 112 valence electrons. The Morgan fingerprint density at radius 3 is 2.33 bits per heavy atom. The van der Waals surface area contributed by atoms with Crippen LogP contribution in [0.3, 0.4) is 0 Å². The third-order valence-electron chi connectivity index (χ3n) is 3.23. The fourth-order valence-electron chi connectivity index (χ4n) is 2.08. The number of hydrogen-bond acceptors (Lipinski definition) is 1. The van der Waals surface area contributed by atoms with Crippen molar-refractivity contribution in [2.75, 3.05) is 0 Å². The Morgan fingerprint density at radius 1 is 1.10 bits per heavy atom. The van der Waals surface area contributed by atoms with E-state index in [9.17, 15) is 17.6 Å². The van der Waals surface area contributed by atoms with Gasteiger partial charge in [-0.2, -0.15) is 13.2 Å². The van der Waals surface area contributed by atoms with E-state index in [0.29, 0.717) is 16.7 Å². The minimum Gasteiger partial charge on any atom is -0.320 e. The minimum absolute atomic E-state index is 0.255. The largest absolute Gasteiger partial charge is 0.419 e. The summed E-state index contributed by atoms with van der Waals surface area (Å²) in [6.07, 6.45) is -4.72. The summed E-state index contributed by atoms with van der Waals surface area (Å²) in [6.45, 7) is 1.80. The van der Waals surface area contributed by atoms with Crippen LogP contribution < -0.4 is 5.73 Å². The van der Waals surface area contributed by atoms with E-state index in [4.69, 9.17) is 17.3 Å². The van der Waals surface area contributed by atoms with E-state index in [2.05, 4.69) is 0 Å². The van der Waals surface area contributed by atoms with E-state index in [-0.39, 0.29) is 5.56 Å². The standard InChI is InChI=1S/C15H12ClF4N/c1-8-2-4-10(16)7-11(8)14(21)9-3-5-12(13(17)6-9)15(18,19)20/h2-7,14H,21H2,1H3. The van der Waals surface area contributed by atoms with E-state index < -0.39 is 23.6 Å². The molecule has 0 aliphatic carbocycles. The average molecular weight is 318 g/mol. The molecule has 0 aliphatic rings. The molecule has 0 radical (unpaired) electrons. The van der Waals surface area contributed by atoms with Crippen molar-refractivity contribution < 1.29 is 17.6 Å². The Morgan fingerprint density at radius 2 is 1.76 bits per heavy atom. The third kappa shape index (κ3) is 3.36. The molecule has 1 unspecified atom stereocenters. The van der Waals surface area contributed by atoms with E-state index in [1.54, 1.807) is 25.1 Å². The summed E-state index contributed by atoms with van der Waals surface area (Å²) in [5.74, 6) is -1.34. The smallest absolute Gasteiger partial charge is 0.320 e. The maximum Gasteiger partial charge on any atom is 0.419 e. The molecule has 0 spiro atoms. The predicted octanol–water partition coefficient (Wildman–Crippen LogP) is 4.85. The zero-order valence-electron chi connectivity index (χ0n) is 11.0. The van der Waals surface area contributed by atoms with Crippen LogP contribution in [0, 0.1) is 12.7 Å². The monoisotopic (exact) mass is 317 g/mol. The summed E-state index contributed by atoms with van der Waals surface area (Å²) < 4.78 is 51.2. The van der Waals surface area contributed by atoms with Gasteiger partial charge >= 0.3 is 6.18 Å². The molecule has 0 aromatic heterocycles. The van der Waals surface area contributed by atoms with Crippen molar-refractivity contribution in [3.63, 3.8) is 0 Å². The Hall–Kier alpha value is -1.59. The first kappa shape index (κ1) is 15.8. The van der Waals surface area contributed by atoms with E-state index in [1.165, 1.54) is 6.07 Å². The zero-order chi connectivity index (χ0) is 15.8. The maximum absolute atomic E-state index is 13.6. The van der Waals surface area contributed by atoms with Crippen LogP contribution in [-0.4, -0.2) is 0 Å². The number of aryl methyl sites for hydroxylation is 1. The molecule has 21 heavy (non-hydrogen) atoms. The van der Waals surface area contributed by atoms with Crippen molar-refractivity contribution in [1.82, 2.24) is 0 Å². The van der Waals surface area contributed by atoms with Crippen molar-refractivity contribution >= 4 is 11.6 Å². The minimum atomic E-state index is -4.72. The van der Waals surface area contributed by atoms with Crippen LogP contribution in [0.5, 0.6) is 0 Å². The lowest BCUT2D eigenvalue weighted by atomic mass is 9.95. The quantitative estimate of drug-likeness (QED) is 0.787. The van der Waals surface area contributed by atoms with E-state index >= 15 is 0 Å². The molecular formula is C15H12ClF4N. The van der Waals surface area contributed by atoms with Crippen molar-refractivity contribution in [2.45, 2.75) is 19.1 Å². The lowest BCUT2D eigenvalue weighted by Crippen LogP contribution is -2.15. The number of alkyl halides is 3. The Balaban J connectivity index is 2.43. The van der Waals surface area contributed by atoms with Crippen molar-refractivity contribution in [3.05, 3.63) is 69.5 Å². The highest BCUT2D eigenvalue weighted by molar-refractivity contribution is 6.30. The molecular weight excluding hydrogens is 306 g/mol. The molecule has 0 saturated heterocycles. The van der Waals surface area contributed by atoms with Gasteiger partial charge < -0.3 is 5.73 Å². The van der Waals surface area contributed by atoms with Crippen LogP contribution in [0.1, 0.15) is 28.3 Å². The third-order valence-corrected chi connectivity index (χ3v) is 3.47. The lowest BCUT2D eigenvalue weighted by molar-refractivity contribution is -0.140. The first-order valence-electron chi connectivity index (χ1n) is 6.08. The molecule has 2 aromatic carbocycles. The number of benzene rings is 2. The summed E-state index contributed by atoms with van der Waals surface area (Å²) >= 11 is 5.89. The van der Waals surface area contributed by atoms with Crippen molar-refractivity contribution in [1.29, 1.82) is 0 Å². The molecule has 0 heterocycles. The summed E-state index contributed by atoms with van der Waals surface area (Å²) in [7, 11) is 0. The normalized spacial score (nSPS) is 13.3. The summed E-state index contributed by atoms with van der Waals surface area (Å²) in [4.78, 5) is 0. The second-order valence-corrected chi connectivity index (χ2v) is 5.15. The van der Waals surface area contributed by atoms with Crippen LogP contribution in [-0.2, 0) is 6.18 Å². The molecule has 2 aromatic rings. The first-order chi connectivity index (χ1) is 9.70. The van der Waals surface area contributed by atoms with E-state index in [1.807, 2.05) is 0 Å². The number of nitrogens with two attached hydrogens (primary N) is 1. The van der Waals surface area contributed by atoms with Gasteiger partial charge in [-0.3, -0.25) is 0 Å². The van der Waals surface area contributed by atoms with E-state index in [0.717, 1.165) is 11.6 Å². The fraction of sp³-hybridized carbons (Fsp3) is 0.200. The second-order valence-electron chi connectivity index (χ2n) is 4.72. The molecule has 1 nitrogen and oxygen atoms in total. The highest BCUT2D eigenvalue weighted by Crippen LogP contribution is 2.33. The molecule has 1 atom stereocenters. The summed E-state index contributed by atoms with van der Waals surface area (Å²) in [5, 5.41) is 0.457. The molecule has 0 amide bonds. The van der Waals surface area contributed by atoms with Gasteiger partial charge in [0.05, 0.1) is 11.6 Å². The Labute approximate surface area is 124 Å². The van der Waals surface area contributed by atoms with Gasteiger partial charge in [0, 0.05) is 5.02 Å². The molecule has 2 rings (SSSR count). The maximum atomic E-state index is 13.6. The van der Waals surface area contributed by atoms with Gasteiger partial charge in [0.25, 0.3) is 0 Å². The highest BCUT2D eigenvalue weighted by Gasteiger charge is 2.34. The van der Waals surface area contributed by atoms with Gasteiger partial charge in [0.2, 0.25) is 0 Å². The number of rotatable bonds is 2. The first-order valence-corrected chi connectivity index (χ1v) is 6.46. The Bertz CT molecular complexity index is 667. The van der Waals surface area contributed by atoms with Crippen LogP contribution in [0.25, 0.3) is 0 Å². The van der Waals surface area contributed by atoms with Crippen molar-refractivity contribution in [3.8, 4) is 0 Å². The number of hydrogen-bond donors (Lipinski definition) is 1. The van der Waals surface area contributed by atoms with Gasteiger partial charge in [-0.25, -0.2) is 4.39 Å². The van der Waals surface area contributed by atoms with Crippen LogP contribution in [0.2, 0.25) is 5.02 Å². The molecule has 6 heteroatoms. The van der Waals surface area contributed by atoms with Gasteiger partial charge in [-0.05, 0) is 47.9 Å². The van der Waals surface area contributed by atoms with Gasteiger partial charge in [-0.1, -0.05) is 23.7 Å². The average Bonchev–Trinajstić information content (AvgIpc) is 2.39. The van der Waals surface area contributed by atoms with Crippen LogP contribution in [0.4, 0.5) is 17.6 Å². The molecule has 2 N–H and O–H groups in total. The zero-order valence-corrected chi connectivity index (χ0v) is 11.8. The van der Waals surface area contributed by atoms with Gasteiger partial charge in [0.1, 0.15) is 5.82 Å². The lowest BCUT2D eigenvalue weighted by Gasteiger charge is -2.17. The predicted molar refractivity (Wildman–Crippen MR) is 73.6 cm³/mol. The fourth-order valence-corrected chi connectivity index (χ4v) is 2.26. The van der Waals surface area contributed by atoms with Crippen LogP contribution >= 0.6 is 11.6 Å². The molecule has 0 aliphatic heterocycles. The summed E-state index contributed by atoms with van der Waals surface area (Å²) in [6, 6.07) is 6.99. The van der Waals surface area contributed by atoms with Crippen molar-refractivity contribution in [2.24, 2.45) is 5.73 Å². The van der Waals surface area contributed by atoms with Crippen LogP contribution in [0.15, 0.2) is 36.4 Å². The SMILES string of the molecule is Cc1ccc(Cl)cc1C(N)c1ccc(C(F)(F)F)c(F)c1. The molecule has 0 fully saturated rings. The molecule has 0 bridgehead atoms. The Kier molecular flexibility index (Phi) is 4.25. The number of halogens is 5. The topological polar surface area (TPSA) is 26.0 Å². The second kappa shape index (κ2) is 5.66. The summed E-state index contributed by atoms with van der Waals surface area (Å²) in [5.41, 5.74) is 6.43. The van der Waals surface area contributed by atoms with Gasteiger partial charge in [0.15, 0.2) is 0 Å². The molecule has 0 saturated carbocycles. The van der Waals surface area contributed by atoms with Gasteiger partial charge in [-0.15, -0.1) is 0 Å².